The van der Waals surface area contributed by atoms with Crippen LogP contribution in [-0.2, 0) is 14.3 Å². The molecule has 0 spiro atoms. The fourth-order valence-corrected chi connectivity index (χ4v) is 1.96. The fourth-order valence-electron chi connectivity index (χ4n) is 1.96. The average Bonchev–Trinajstić information content (AvgIpc) is 2.42. The lowest BCUT2D eigenvalue weighted by Gasteiger charge is -2.25. The van der Waals surface area contributed by atoms with Gasteiger partial charge in [-0.2, -0.15) is 0 Å². The number of hydrogen-bond acceptors (Lipinski definition) is 4. The van der Waals surface area contributed by atoms with Gasteiger partial charge in [-0.1, -0.05) is 0 Å². The van der Waals surface area contributed by atoms with Crippen molar-refractivity contribution in [3.05, 3.63) is 0 Å². The lowest BCUT2D eigenvalue weighted by Crippen LogP contribution is -2.40. The maximum Gasteiger partial charge on any atom is 0.251 e. The van der Waals surface area contributed by atoms with Gasteiger partial charge in [-0.25, -0.2) is 0 Å². The minimum atomic E-state index is -0.391. The standard InChI is InChI=1S/C13H26N2O3.ClH/c1-11(13(16)15(3)8-7-14-2)18-10-12-6-4-5-9-17-12;/h11-12,14H,4-10H2,1-3H3;1H. The van der Waals surface area contributed by atoms with E-state index in [1.165, 1.54) is 6.42 Å². The molecule has 1 aliphatic rings. The Labute approximate surface area is 122 Å². The van der Waals surface area contributed by atoms with Crippen molar-refractivity contribution in [2.24, 2.45) is 0 Å². The summed E-state index contributed by atoms with van der Waals surface area (Å²) in [4.78, 5) is 13.7. The SMILES string of the molecule is CNCCN(C)C(=O)C(C)OCC1CCCCO1.Cl. The van der Waals surface area contributed by atoms with E-state index in [0.717, 1.165) is 26.0 Å². The topological polar surface area (TPSA) is 50.8 Å². The Kier molecular flexibility index (Phi) is 10.2. The van der Waals surface area contributed by atoms with Crippen LogP contribution in [0.15, 0.2) is 0 Å². The summed E-state index contributed by atoms with van der Waals surface area (Å²) in [7, 11) is 3.68. The van der Waals surface area contributed by atoms with Gasteiger partial charge in [0, 0.05) is 26.7 Å². The average molecular weight is 295 g/mol. The van der Waals surface area contributed by atoms with Gasteiger partial charge in [0.1, 0.15) is 6.10 Å². The molecule has 1 fully saturated rings. The molecule has 2 atom stereocenters. The van der Waals surface area contributed by atoms with Crippen LogP contribution >= 0.6 is 12.4 Å². The molecule has 1 saturated heterocycles. The van der Waals surface area contributed by atoms with E-state index in [1.54, 1.807) is 18.9 Å². The number of nitrogens with one attached hydrogen (secondary N) is 1. The van der Waals surface area contributed by atoms with E-state index < -0.39 is 6.10 Å². The first-order valence-corrected chi connectivity index (χ1v) is 6.78. The Bertz CT molecular complexity index is 248. The van der Waals surface area contributed by atoms with E-state index in [2.05, 4.69) is 5.32 Å². The number of halogens is 1. The number of hydrogen-bond donors (Lipinski definition) is 1. The molecule has 6 heteroatoms. The van der Waals surface area contributed by atoms with Crippen LogP contribution in [0.3, 0.4) is 0 Å². The third-order valence-corrected chi connectivity index (χ3v) is 3.23. The first-order valence-electron chi connectivity index (χ1n) is 6.78. The van der Waals surface area contributed by atoms with Crippen molar-refractivity contribution in [2.45, 2.75) is 38.4 Å². The normalized spacial score (nSPS) is 20.5. The van der Waals surface area contributed by atoms with E-state index in [-0.39, 0.29) is 24.4 Å². The maximum atomic E-state index is 12.0. The number of nitrogens with zero attached hydrogens (tertiary/aromatic N) is 1. The highest BCUT2D eigenvalue weighted by Crippen LogP contribution is 2.13. The van der Waals surface area contributed by atoms with Gasteiger partial charge in [-0.3, -0.25) is 4.79 Å². The van der Waals surface area contributed by atoms with Crippen molar-refractivity contribution >= 4 is 18.3 Å². The molecule has 5 nitrogen and oxygen atoms in total. The van der Waals surface area contributed by atoms with Gasteiger partial charge in [0.15, 0.2) is 0 Å². The van der Waals surface area contributed by atoms with Gasteiger partial charge in [0.05, 0.1) is 12.7 Å². The summed E-state index contributed by atoms with van der Waals surface area (Å²) in [6.07, 6.45) is 3.14. The van der Waals surface area contributed by atoms with Gasteiger partial charge < -0.3 is 19.7 Å². The van der Waals surface area contributed by atoms with Gasteiger partial charge in [0.25, 0.3) is 5.91 Å². The minimum Gasteiger partial charge on any atom is -0.376 e. The Morgan fingerprint density at radius 1 is 1.53 bits per heavy atom. The molecule has 1 aliphatic heterocycles. The van der Waals surface area contributed by atoms with E-state index in [1.807, 2.05) is 7.05 Å². The molecule has 1 N–H and O–H groups in total. The van der Waals surface area contributed by atoms with Crippen LogP contribution in [0.5, 0.6) is 0 Å². The smallest absolute Gasteiger partial charge is 0.251 e. The predicted molar refractivity (Wildman–Crippen MR) is 77.8 cm³/mol. The zero-order valence-corrected chi connectivity index (χ0v) is 13.0. The third kappa shape index (κ3) is 7.11. The zero-order chi connectivity index (χ0) is 13.4. The zero-order valence-electron chi connectivity index (χ0n) is 12.2. The summed E-state index contributed by atoms with van der Waals surface area (Å²) in [5, 5.41) is 3.02. The van der Waals surface area contributed by atoms with Crippen molar-refractivity contribution in [3.63, 3.8) is 0 Å². The number of ether oxygens (including phenoxy) is 2. The highest BCUT2D eigenvalue weighted by molar-refractivity contribution is 5.85. The Balaban J connectivity index is 0.00000324. The molecule has 2 unspecified atom stereocenters. The molecule has 0 bridgehead atoms. The summed E-state index contributed by atoms with van der Waals surface area (Å²) in [5.41, 5.74) is 0. The third-order valence-electron chi connectivity index (χ3n) is 3.23. The highest BCUT2D eigenvalue weighted by atomic mass is 35.5. The van der Waals surface area contributed by atoms with Crippen LogP contribution in [0.1, 0.15) is 26.2 Å². The number of amides is 1. The number of rotatable bonds is 7. The second-order valence-corrected chi connectivity index (χ2v) is 4.83. The summed E-state index contributed by atoms with van der Waals surface area (Å²) < 4.78 is 11.2. The fraction of sp³-hybridized carbons (Fsp3) is 0.923. The monoisotopic (exact) mass is 294 g/mol. The Hall–Kier alpha value is -0.360. The number of carbonyl (C=O) groups is 1. The molecule has 0 aromatic heterocycles. The van der Waals surface area contributed by atoms with Crippen LogP contribution in [0, 0.1) is 0 Å². The van der Waals surface area contributed by atoms with Crippen LogP contribution in [0.25, 0.3) is 0 Å². The van der Waals surface area contributed by atoms with Crippen LogP contribution in [-0.4, -0.2) is 63.4 Å². The predicted octanol–water partition coefficient (Wildman–Crippen LogP) is 1.06. The lowest BCUT2D eigenvalue weighted by molar-refractivity contribution is -0.144. The van der Waals surface area contributed by atoms with Crippen LogP contribution in [0.2, 0.25) is 0 Å². The van der Waals surface area contributed by atoms with Gasteiger partial charge in [-0.05, 0) is 33.2 Å². The van der Waals surface area contributed by atoms with Gasteiger partial charge in [-0.15, -0.1) is 12.4 Å². The molecular weight excluding hydrogens is 268 g/mol. The van der Waals surface area contributed by atoms with Crippen molar-refractivity contribution in [3.8, 4) is 0 Å². The van der Waals surface area contributed by atoms with Crippen molar-refractivity contribution in [1.82, 2.24) is 10.2 Å². The molecule has 0 aromatic carbocycles. The second-order valence-electron chi connectivity index (χ2n) is 4.83. The lowest BCUT2D eigenvalue weighted by atomic mass is 10.1. The summed E-state index contributed by atoms with van der Waals surface area (Å²) in [6, 6.07) is 0. The van der Waals surface area contributed by atoms with Crippen LogP contribution < -0.4 is 5.32 Å². The number of carbonyl (C=O) groups excluding carboxylic acids is 1. The molecule has 0 saturated carbocycles. The van der Waals surface area contributed by atoms with E-state index in [0.29, 0.717) is 13.2 Å². The molecule has 1 amide bonds. The Morgan fingerprint density at radius 2 is 2.26 bits per heavy atom. The largest absolute Gasteiger partial charge is 0.376 e. The van der Waals surface area contributed by atoms with E-state index in [4.69, 9.17) is 9.47 Å². The molecule has 114 valence electrons. The molecule has 1 heterocycles. The van der Waals surface area contributed by atoms with Gasteiger partial charge >= 0.3 is 0 Å². The molecule has 0 aliphatic carbocycles. The van der Waals surface area contributed by atoms with Crippen molar-refractivity contribution < 1.29 is 14.3 Å². The van der Waals surface area contributed by atoms with Crippen molar-refractivity contribution in [1.29, 1.82) is 0 Å². The summed E-state index contributed by atoms with van der Waals surface area (Å²) >= 11 is 0. The minimum absolute atomic E-state index is 0. The first kappa shape index (κ1) is 18.6. The Morgan fingerprint density at radius 3 is 2.84 bits per heavy atom. The van der Waals surface area contributed by atoms with E-state index >= 15 is 0 Å². The molecule has 19 heavy (non-hydrogen) atoms. The second kappa shape index (κ2) is 10.4. The number of likely N-dealkylation sites (N-methyl/N-ethyl adjacent to an activating group) is 2. The van der Waals surface area contributed by atoms with E-state index in [9.17, 15) is 4.79 Å². The molecular formula is C13H27ClN2O3. The van der Waals surface area contributed by atoms with Crippen LogP contribution in [0.4, 0.5) is 0 Å². The molecule has 0 radical (unpaired) electrons. The summed E-state index contributed by atoms with van der Waals surface area (Å²) in [5.74, 6) is 0.0288. The first-order chi connectivity index (χ1) is 8.65. The molecule has 1 rings (SSSR count). The van der Waals surface area contributed by atoms with Gasteiger partial charge in [0.2, 0.25) is 0 Å². The maximum absolute atomic E-state index is 12.0. The molecule has 0 aromatic rings. The quantitative estimate of drug-likeness (QED) is 0.763. The highest BCUT2D eigenvalue weighted by Gasteiger charge is 2.20. The summed E-state index contributed by atoms with van der Waals surface area (Å²) in [6.45, 7) is 4.63. The van der Waals surface area contributed by atoms with Crippen molar-refractivity contribution in [2.75, 3.05) is 40.4 Å².